The van der Waals surface area contributed by atoms with Crippen molar-refractivity contribution in [2.75, 3.05) is 52.4 Å². The number of carbonyl (C=O) groups is 1. The number of nitrogens with zero attached hydrogens (tertiary/aromatic N) is 3. The lowest BCUT2D eigenvalue weighted by atomic mass is 9.97. The minimum Gasteiger partial charge on any atom is -0.322 e. The second-order valence-corrected chi connectivity index (χ2v) is 7.38. The van der Waals surface area contributed by atoms with Crippen LogP contribution in [0.3, 0.4) is 0 Å². The summed E-state index contributed by atoms with van der Waals surface area (Å²) in [5.41, 5.74) is 0. The Balaban J connectivity index is 0.00000176. The molecule has 1 N–H and O–H groups in total. The molecule has 6 heteroatoms. The lowest BCUT2D eigenvalue weighted by molar-refractivity contribution is 0.103. The van der Waals surface area contributed by atoms with E-state index in [4.69, 9.17) is 0 Å². The number of fused-ring (bicyclic) bond motifs is 1. The van der Waals surface area contributed by atoms with Crippen LogP contribution in [0.25, 0.3) is 0 Å². The van der Waals surface area contributed by atoms with E-state index in [9.17, 15) is 4.79 Å². The Morgan fingerprint density at radius 2 is 1.91 bits per heavy atom. The summed E-state index contributed by atoms with van der Waals surface area (Å²) in [5, 5.41) is 3.44. The highest BCUT2D eigenvalue weighted by Gasteiger charge is 2.40. The second kappa shape index (κ2) is 7.84. The van der Waals surface area contributed by atoms with E-state index < -0.39 is 0 Å². The monoisotopic (exact) mass is 330 g/mol. The minimum atomic E-state index is 0. The Labute approximate surface area is 140 Å². The first-order valence-electron chi connectivity index (χ1n) is 8.62. The Hall–Kier alpha value is -0.520. The highest BCUT2D eigenvalue weighted by molar-refractivity contribution is 5.85. The number of nitrogens with one attached hydrogen (secondary N) is 1. The van der Waals surface area contributed by atoms with Crippen LogP contribution < -0.4 is 5.32 Å². The van der Waals surface area contributed by atoms with Crippen molar-refractivity contribution >= 4 is 18.4 Å². The Morgan fingerprint density at radius 3 is 2.59 bits per heavy atom. The maximum Gasteiger partial charge on any atom is 0.320 e. The van der Waals surface area contributed by atoms with Crippen LogP contribution in [0.15, 0.2) is 0 Å². The molecule has 0 radical (unpaired) electrons. The third-order valence-corrected chi connectivity index (χ3v) is 5.07. The summed E-state index contributed by atoms with van der Waals surface area (Å²) in [6.07, 6.45) is 2.62. The van der Waals surface area contributed by atoms with Gasteiger partial charge >= 0.3 is 6.03 Å². The van der Waals surface area contributed by atoms with Crippen molar-refractivity contribution in [3.05, 3.63) is 0 Å². The van der Waals surface area contributed by atoms with Crippen molar-refractivity contribution in [2.45, 2.75) is 32.7 Å². The topological polar surface area (TPSA) is 38.8 Å². The van der Waals surface area contributed by atoms with Crippen LogP contribution in [0.2, 0.25) is 0 Å². The summed E-state index contributed by atoms with van der Waals surface area (Å²) in [6, 6.07) is 0.696. The van der Waals surface area contributed by atoms with Crippen molar-refractivity contribution in [3.8, 4) is 0 Å². The predicted molar refractivity (Wildman–Crippen MR) is 91.6 cm³/mol. The van der Waals surface area contributed by atoms with Crippen molar-refractivity contribution in [1.29, 1.82) is 0 Å². The maximum atomic E-state index is 12.4. The van der Waals surface area contributed by atoms with Gasteiger partial charge in [0.2, 0.25) is 0 Å². The number of urea groups is 1. The van der Waals surface area contributed by atoms with E-state index in [1.807, 2.05) is 0 Å². The normalized spacial score (nSPS) is 27.2. The van der Waals surface area contributed by atoms with Crippen molar-refractivity contribution in [3.63, 3.8) is 0 Å². The van der Waals surface area contributed by atoms with Gasteiger partial charge < -0.3 is 15.1 Å². The largest absolute Gasteiger partial charge is 0.322 e. The zero-order valence-corrected chi connectivity index (χ0v) is 14.8. The highest BCUT2D eigenvalue weighted by atomic mass is 35.5. The van der Waals surface area contributed by atoms with E-state index in [-0.39, 0.29) is 18.4 Å². The molecule has 0 saturated carbocycles. The maximum absolute atomic E-state index is 12.4. The van der Waals surface area contributed by atoms with Gasteiger partial charge in [0.05, 0.1) is 6.04 Å². The molecule has 0 aliphatic carbocycles. The van der Waals surface area contributed by atoms with E-state index in [1.165, 1.54) is 32.5 Å². The average Bonchev–Trinajstić information content (AvgIpc) is 2.75. The molecule has 3 fully saturated rings. The predicted octanol–water partition coefficient (Wildman–Crippen LogP) is 1.49. The Kier molecular flexibility index (Phi) is 6.36. The van der Waals surface area contributed by atoms with Gasteiger partial charge in [-0.3, -0.25) is 4.90 Å². The molecular weight excluding hydrogens is 300 g/mol. The van der Waals surface area contributed by atoms with Crippen LogP contribution in [0.1, 0.15) is 26.7 Å². The summed E-state index contributed by atoms with van der Waals surface area (Å²) in [6.45, 7) is 12.8. The molecule has 0 spiro atoms. The van der Waals surface area contributed by atoms with Gasteiger partial charge in [-0.05, 0) is 37.8 Å². The van der Waals surface area contributed by atoms with Gasteiger partial charge in [-0.25, -0.2) is 4.79 Å². The first kappa shape index (κ1) is 17.8. The molecule has 22 heavy (non-hydrogen) atoms. The molecule has 0 aromatic heterocycles. The minimum absolute atomic E-state index is 0. The lowest BCUT2D eigenvalue weighted by Gasteiger charge is -2.38. The summed E-state index contributed by atoms with van der Waals surface area (Å²) < 4.78 is 0. The fourth-order valence-corrected chi connectivity index (χ4v) is 4.03. The van der Waals surface area contributed by atoms with Crippen molar-refractivity contribution in [1.82, 2.24) is 20.0 Å². The number of halogens is 1. The van der Waals surface area contributed by atoms with E-state index in [0.717, 1.165) is 38.6 Å². The van der Waals surface area contributed by atoms with Gasteiger partial charge in [0, 0.05) is 39.3 Å². The SMILES string of the molecule is CC(C)CN1CC2CN(CC3CCNCC3)CCN2C1=O.Cl. The smallest absolute Gasteiger partial charge is 0.320 e. The zero-order chi connectivity index (χ0) is 14.8. The van der Waals surface area contributed by atoms with Gasteiger partial charge in [0.25, 0.3) is 0 Å². The molecule has 0 aromatic carbocycles. The van der Waals surface area contributed by atoms with Gasteiger partial charge in [-0.15, -0.1) is 12.4 Å². The number of amides is 2. The van der Waals surface area contributed by atoms with E-state index in [0.29, 0.717) is 12.0 Å². The molecule has 5 nitrogen and oxygen atoms in total. The standard InChI is InChI=1S/C16H30N4O.ClH/c1-13(2)9-19-12-15-11-18(7-8-20(15)16(19)21)10-14-3-5-17-6-4-14;/h13-15,17H,3-12H2,1-2H3;1H. The van der Waals surface area contributed by atoms with Gasteiger partial charge in [0.1, 0.15) is 0 Å². The molecule has 0 aromatic rings. The van der Waals surface area contributed by atoms with Crippen LogP contribution in [0.4, 0.5) is 4.79 Å². The van der Waals surface area contributed by atoms with Gasteiger partial charge in [0.15, 0.2) is 0 Å². The summed E-state index contributed by atoms with van der Waals surface area (Å²) in [5.74, 6) is 1.41. The van der Waals surface area contributed by atoms with Gasteiger partial charge in [-0.1, -0.05) is 13.8 Å². The molecule has 3 saturated heterocycles. The molecule has 128 valence electrons. The van der Waals surface area contributed by atoms with Crippen LogP contribution in [-0.4, -0.2) is 79.1 Å². The summed E-state index contributed by atoms with van der Waals surface area (Å²) in [7, 11) is 0. The molecule has 3 aliphatic rings. The first-order chi connectivity index (χ1) is 10.1. The molecule has 2 amide bonds. The fraction of sp³-hybridized carbons (Fsp3) is 0.938. The van der Waals surface area contributed by atoms with Crippen LogP contribution in [0.5, 0.6) is 0 Å². The van der Waals surface area contributed by atoms with Crippen LogP contribution in [0, 0.1) is 11.8 Å². The Morgan fingerprint density at radius 1 is 1.18 bits per heavy atom. The zero-order valence-electron chi connectivity index (χ0n) is 14.0. The number of rotatable bonds is 4. The Bertz CT molecular complexity index is 373. The molecule has 3 aliphatic heterocycles. The molecular formula is C16H31ClN4O. The van der Waals surface area contributed by atoms with Crippen LogP contribution >= 0.6 is 12.4 Å². The first-order valence-corrected chi connectivity index (χ1v) is 8.62. The number of carbonyl (C=O) groups excluding carboxylic acids is 1. The molecule has 0 bridgehead atoms. The van der Waals surface area contributed by atoms with E-state index in [1.54, 1.807) is 0 Å². The summed E-state index contributed by atoms with van der Waals surface area (Å²) >= 11 is 0. The molecule has 1 unspecified atom stereocenters. The lowest BCUT2D eigenvalue weighted by Crippen LogP contribution is -2.53. The fourth-order valence-electron chi connectivity index (χ4n) is 4.03. The number of piperazine rings is 1. The number of piperidine rings is 1. The highest BCUT2D eigenvalue weighted by Crippen LogP contribution is 2.23. The molecule has 3 heterocycles. The average molecular weight is 331 g/mol. The van der Waals surface area contributed by atoms with Crippen LogP contribution in [-0.2, 0) is 0 Å². The summed E-state index contributed by atoms with van der Waals surface area (Å²) in [4.78, 5) is 19.2. The number of hydrogen-bond acceptors (Lipinski definition) is 3. The van der Waals surface area contributed by atoms with E-state index in [2.05, 4.69) is 33.9 Å². The van der Waals surface area contributed by atoms with Crippen molar-refractivity contribution in [2.24, 2.45) is 11.8 Å². The third-order valence-electron chi connectivity index (χ3n) is 5.07. The third kappa shape index (κ3) is 4.06. The number of hydrogen-bond donors (Lipinski definition) is 1. The quantitative estimate of drug-likeness (QED) is 0.848. The van der Waals surface area contributed by atoms with E-state index >= 15 is 0 Å². The van der Waals surface area contributed by atoms with Crippen molar-refractivity contribution < 1.29 is 4.79 Å². The second-order valence-electron chi connectivity index (χ2n) is 7.38. The van der Waals surface area contributed by atoms with Gasteiger partial charge in [-0.2, -0.15) is 0 Å². The molecule has 1 atom stereocenters. The molecule has 3 rings (SSSR count).